The number of ether oxygens (including phenoxy) is 2. The van der Waals surface area contributed by atoms with E-state index in [1.165, 1.54) is 0 Å². The van der Waals surface area contributed by atoms with Crippen LogP contribution in [0.15, 0.2) is 12.1 Å². The van der Waals surface area contributed by atoms with Crippen LogP contribution in [-0.2, 0) is 17.8 Å². The largest absolute Gasteiger partial charge is 0.467 e. The summed E-state index contributed by atoms with van der Waals surface area (Å²) in [6.45, 7) is 1.58. The highest BCUT2D eigenvalue weighted by Crippen LogP contribution is 2.30. The minimum absolute atomic E-state index is 0.324. The number of benzene rings is 1. The van der Waals surface area contributed by atoms with Crippen molar-refractivity contribution in [3.05, 3.63) is 28.3 Å². The molecule has 0 saturated heterocycles. The molecule has 1 aromatic rings. The van der Waals surface area contributed by atoms with Gasteiger partial charge in [0.15, 0.2) is 6.79 Å². The van der Waals surface area contributed by atoms with Crippen molar-refractivity contribution in [2.24, 2.45) is 5.73 Å². The van der Waals surface area contributed by atoms with Gasteiger partial charge >= 0.3 is 0 Å². The second-order valence-corrected chi connectivity index (χ2v) is 3.96. The van der Waals surface area contributed by atoms with Gasteiger partial charge in [-0.05, 0) is 37.1 Å². The molecule has 3 nitrogen and oxygen atoms in total. The Hall–Kier alpha value is -0.770. The van der Waals surface area contributed by atoms with Gasteiger partial charge in [-0.25, -0.2) is 0 Å². The average Bonchev–Trinajstić information content (AvgIpc) is 2.26. The Bertz CT molecular complexity index is 355. The Morgan fingerprint density at radius 3 is 3.07 bits per heavy atom. The van der Waals surface area contributed by atoms with E-state index >= 15 is 0 Å². The lowest BCUT2D eigenvalue weighted by Gasteiger charge is -2.19. The van der Waals surface area contributed by atoms with E-state index in [0.29, 0.717) is 19.9 Å². The SMILES string of the molecule is NCCCc1cc2c(cc1Cl)COCO2. The molecule has 0 radical (unpaired) electrons. The van der Waals surface area contributed by atoms with Gasteiger partial charge < -0.3 is 15.2 Å². The van der Waals surface area contributed by atoms with E-state index in [4.69, 9.17) is 26.8 Å². The molecule has 0 atom stereocenters. The van der Waals surface area contributed by atoms with E-state index in [1.807, 2.05) is 12.1 Å². The number of nitrogens with two attached hydrogens (primary N) is 1. The molecule has 1 aliphatic heterocycles. The highest BCUT2D eigenvalue weighted by Gasteiger charge is 2.13. The molecule has 0 unspecified atom stereocenters. The maximum atomic E-state index is 6.15. The third-order valence-electron chi connectivity index (χ3n) is 2.44. The maximum absolute atomic E-state index is 6.15. The van der Waals surface area contributed by atoms with Crippen molar-refractivity contribution in [3.63, 3.8) is 0 Å². The maximum Gasteiger partial charge on any atom is 0.189 e. The normalized spacial score (nSPS) is 14.5. The first-order valence-electron chi connectivity index (χ1n) is 5.03. The summed E-state index contributed by atoms with van der Waals surface area (Å²) in [5.74, 6) is 0.887. The lowest BCUT2D eigenvalue weighted by molar-refractivity contribution is -0.0164. The second-order valence-electron chi connectivity index (χ2n) is 3.55. The van der Waals surface area contributed by atoms with Gasteiger partial charge in [-0.1, -0.05) is 11.6 Å². The first-order valence-corrected chi connectivity index (χ1v) is 5.41. The van der Waals surface area contributed by atoms with Crippen molar-refractivity contribution in [1.29, 1.82) is 0 Å². The fourth-order valence-electron chi connectivity index (χ4n) is 1.62. The summed E-state index contributed by atoms with van der Waals surface area (Å²) in [7, 11) is 0. The molecule has 2 N–H and O–H groups in total. The molecule has 15 heavy (non-hydrogen) atoms. The molecule has 0 amide bonds. The van der Waals surface area contributed by atoms with Crippen LogP contribution in [0.25, 0.3) is 0 Å². The average molecular weight is 228 g/mol. The monoisotopic (exact) mass is 227 g/mol. The smallest absolute Gasteiger partial charge is 0.189 e. The molecular weight excluding hydrogens is 214 g/mol. The van der Waals surface area contributed by atoms with Crippen molar-refractivity contribution in [1.82, 2.24) is 0 Å². The molecule has 82 valence electrons. The van der Waals surface area contributed by atoms with Crippen LogP contribution in [0.2, 0.25) is 5.02 Å². The van der Waals surface area contributed by atoms with Crippen molar-refractivity contribution >= 4 is 11.6 Å². The summed E-state index contributed by atoms with van der Waals surface area (Å²) in [4.78, 5) is 0. The number of hydrogen-bond acceptors (Lipinski definition) is 3. The minimum Gasteiger partial charge on any atom is -0.467 e. The summed E-state index contributed by atoms with van der Waals surface area (Å²) < 4.78 is 10.6. The number of aryl methyl sites for hydroxylation is 1. The molecule has 1 aliphatic rings. The Morgan fingerprint density at radius 2 is 2.27 bits per heavy atom. The van der Waals surface area contributed by atoms with Gasteiger partial charge in [0, 0.05) is 10.6 Å². The highest BCUT2D eigenvalue weighted by atomic mass is 35.5. The lowest BCUT2D eigenvalue weighted by Crippen LogP contribution is -2.12. The Morgan fingerprint density at radius 1 is 1.40 bits per heavy atom. The topological polar surface area (TPSA) is 44.5 Å². The Kier molecular flexibility index (Phi) is 3.46. The molecule has 0 fully saturated rings. The standard InChI is InChI=1S/C11H14ClNO2/c12-10-4-9-6-14-7-15-11(9)5-8(10)2-1-3-13/h4-5H,1-3,6-7,13H2. The number of hydrogen-bond donors (Lipinski definition) is 1. The molecule has 4 heteroatoms. The van der Waals surface area contributed by atoms with Gasteiger partial charge in [-0.2, -0.15) is 0 Å². The van der Waals surface area contributed by atoms with E-state index in [9.17, 15) is 0 Å². The van der Waals surface area contributed by atoms with E-state index in [-0.39, 0.29) is 0 Å². The van der Waals surface area contributed by atoms with Gasteiger partial charge in [-0.3, -0.25) is 0 Å². The predicted molar refractivity (Wildman–Crippen MR) is 59.1 cm³/mol. The molecule has 0 spiro atoms. The molecule has 1 aromatic carbocycles. The van der Waals surface area contributed by atoms with Gasteiger partial charge in [0.05, 0.1) is 6.61 Å². The first kappa shape index (κ1) is 10.7. The first-order chi connectivity index (χ1) is 7.31. The zero-order valence-corrected chi connectivity index (χ0v) is 9.22. The molecule has 1 heterocycles. The fourth-order valence-corrected chi connectivity index (χ4v) is 1.91. The molecule has 0 saturated carbocycles. The summed E-state index contributed by atoms with van der Waals surface area (Å²) in [6.07, 6.45) is 1.84. The van der Waals surface area contributed by atoms with Crippen molar-refractivity contribution < 1.29 is 9.47 Å². The molecular formula is C11H14ClNO2. The Balaban J connectivity index is 2.24. The summed E-state index contributed by atoms with van der Waals surface area (Å²) >= 11 is 6.15. The van der Waals surface area contributed by atoms with Gasteiger partial charge in [0.2, 0.25) is 0 Å². The van der Waals surface area contributed by atoms with E-state index < -0.39 is 0 Å². The van der Waals surface area contributed by atoms with Crippen LogP contribution < -0.4 is 10.5 Å². The van der Waals surface area contributed by atoms with Crippen LogP contribution in [0.3, 0.4) is 0 Å². The van der Waals surface area contributed by atoms with E-state index in [0.717, 1.165) is 34.7 Å². The zero-order valence-electron chi connectivity index (χ0n) is 8.46. The van der Waals surface area contributed by atoms with Gasteiger partial charge in [0.1, 0.15) is 5.75 Å². The second kappa shape index (κ2) is 4.84. The number of halogens is 1. The van der Waals surface area contributed by atoms with Crippen molar-refractivity contribution in [2.45, 2.75) is 19.4 Å². The van der Waals surface area contributed by atoms with Crippen LogP contribution in [-0.4, -0.2) is 13.3 Å². The predicted octanol–water partition coefficient (Wildman–Crippen LogP) is 2.10. The minimum atomic E-state index is 0.324. The van der Waals surface area contributed by atoms with Crippen LogP contribution in [0.1, 0.15) is 17.5 Å². The summed E-state index contributed by atoms with van der Waals surface area (Å²) in [6, 6.07) is 3.91. The van der Waals surface area contributed by atoms with E-state index in [2.05, 4.69) is 0 Å². The quantitative estimate of drug-likeness (QED) is 0.860. The third-order valence-corrected chi connectivity index (χ3v) is 2.79. The van der Waals surface area contributed by atoms with Crippen LogP contribution in [0, 0.1) is 0 Å². The van der Waals surface area contributed by atoms with Crippen molar-refractivity contribution in [2.75, 3.05) is 13.3 Å². The third kappa shape index (κ3) is 2.43. The summed E-state index contributed by atoms with van der Waals surface area (Å²) in [5.41, 5.74) is 7.59. The van der Waals surface area contributed by atoms with Crippen LogP contribution >= 0.6 is 11.6 Å². The molecule has 0 bridgehead atoms. The highest BCUT2D eigenvalue weighted by molar-refractivity contribution is 6.31. The van der Waals surface area contributed by atoms with Gasteiger partial charge in [0.25, 0.3) is 0 Å². The lowest BCUT2D eigenvalue weighted by atomic mass is 10.1. The number of fused-ring (bicyclic) bond motifs is 1. The number of rotatable bonds is 3. The van der Waals surface area contributed by atoms with Crippen LogP contribution in [0.5, 0.6) is 5.75 Å². The van der Waals surface area contributed by atoms with E-state index in [1.54, 1.807) is 0 Å². The fraction of sp³-hybridized carbons (Fsp3) is 0.455. The molecule has 0 aromatic heterocycles. The van der Waals surface area contributed by atoms with Crippen molar-refractivity contribution in [3.8, 4) is 5.75 Å². The zero-order chi connectivity index (χ0) is 10.7. The summed E-state index contributed by atoms with van der Waals surface area (Å²) in [5, 5.41) is 0.774. The van der Waals surface area contributed by atoms with Crippen LogP contribution in [0.4, 0.5) is 0 Å². The molecule has 2 rings (SSSR count). The molecule has 0 aliphatic carbocycles. The Labute approximate surface area is 94.1 Å². The van der Waals surface area contributed by atoms with Gasteiger partial charge in [-0.15, -0.1) is 0 Å².